The van der Waals surface area contributed by atoms with Crippen LogP contribution in [0.25, 0.3) is 0 Å². The molecule has 1 heterocycles. The zero-order valence-corrected chi connectivity index (χ0v) is 7.56. The van der Waals surface area contributed by atoms with Crippen molar-refractivity contribution in [2.45, 2.75) is 19.4 Å². The summed E-state index contributed by atoms with van der Waals surface area (Å²) in [7, 11) is 1.67. The molecule has 1 aromatic rings. The van der Waals surface area contributed by atoms with Crippen molar-refractivity contribution >= 4 is 5.97 Å². The van der Waals surface area contributed by atoms with Crippen molar-refractivity contribution in [3.8, 4) is 0 Å². The molecule has 0 aromatic carbocycles. The van der Waals surface area contributed by atoms with Crippen molar-refractivity contribution in [2.75, 3.05) is 0 Å². The molecular weight excluding hydrogens is 172 g/mol. The van der Waals surface area contributed by atoms with E-state index in [9.17, 15) is 9.90 Å². The van der Waals surface area contributed by atoms with Crippen LogP contribution in [0.1, 0.15) is 23.9 Å². The Bertz CT molecular complexity index is 319. The largest absolute Gasteiger partial charge is 0.481 e. The molecule has 1 aromatic heterocycles. The molecule has 2 N–H and O–H groups in total. The number of aliphatic carboxylic acids is 1. The van der Waals surface area contributed by atoms with Gasteiger partial charge in [0.05, 0.1) is 17.8 Å². The normalized spacial score (nSPS) is 12.8. The molecule has 0 aliphatic carbocycles. The number of aliphatic hydroxyl groups is 1. The van der Waals surface area contributed by atoms with Gasteiger partial charge in [0, 0.05) is 7.05 Å². The lowest BCUT2D eigenvalue weighted by molar-refractivity contribution is -0.139. The Morgan fingerprint density at radius 1 is 1.77 bits per heavy atom. The number of aliphatic hydroxyl groups excluding tert-OH is 1. The van der Waals surface area contributed by atoms with Crippen molar-refractivity contribution in [3.05, 3.63) is 17.5 Å². The lowest BCUT2D eigenvalue weighted by Crippen LogP contribution is -2.09. The molecule has 1 atom stereocenters. The van der Waals surface area contributed by atoms with Gasteiger partial charge in [-0.25, -0.2) is 0 Å². The molecule has 0 saturated carbocycles. The third-order valence-corrected chi connectivity index (χ3v) is 1.75. The molecule has 5 nitrogen and oxygen atoms in total. The molecule has 0 saturated heterocycles. The van der Waals surface area contributed by atoms with E-state index in [4.69, 9.17) is 5.11 Å². The summed E-state index contributed by atoms with van der Waals surface area (Å²) in [6, 6.07) is 1.67. The van der Waals surface area contributed by atoms with Crippen LogP contribution in [0.15, 0.2) is 6.07 Å². The van der Waals surface area contributed by atoms with Crippen molar-refractivity contribution in [2.24, 2.45) is 7.05 Å². The highest BCUT2D eigenvalue weighted by atomic mass is 16.4. The van der Waals surface area contributed by atoms with Crippen molar-refractivity contribution in [1.82, 2.24) is 9.78 Å². The predicted octanol–water partition coefficient (Wildman–Crippen LogP) is 0.237. The second-order valence-electron chi connectivity index (χ2n) is 2.95. The van der Waals surface area contributed by atoms with Gasteiger partial charge in [0.15, 0.2) is 0 Å². The molecule has 72 valence electrons. The average Bonchev–Trinajstić information content (AvgIpc) is 2.28. The molecule has 5 heteroatoms. The molecule has 0 unspecified atom stereocenters. The van der Waals surface area contributed by atoms with Crippen LogP contribution >= 0.6 is 0 Å². The third kappa shape index (κ3) is 2.29. The molecule has 0 radical (unpaired) electrons. The second kappa shape index (κ2) is 3.57. The van der Waals surface area contributed by atoms with E-state index in [1.807, 2.05) is 0 Å². The molecule has 0 aliphatic heterocycles. The van der Waals surface area contributed by atoms with E-state index < -0.39 is 12.1 Å². The maximum atomic E-state index is 10.3. The van der Waals surface area contributed by atoms with Crippen LogP contribution in [0.5, 0.6) is 0 Å². The Morgan fingerprint density at radius 3 is 2.77 bits per heavy atom. The quantitative estimate of drug-likeness (QED) is 0.705. The Kier molecular flexibility index (Phi) is 2.67. The molecular formula is C8H12N2O3. The number of hydrogen-bond donors (Lipinski definition) is 2. The summed E-state index contributed by atoms with van der Waals surface area (Å²) in [4.78, 5) is 10.3. The molecule has 0 bridgehead atoms. The minimum atomic E-state index is -1.02. The van der Waals surface area contributed by atoms with E-state index in [1.54, 1.807) is 20.0 Å². The Balaban J connectivity index is 2.81. The number of carbonyl (C=O) groups is 1. The zero-order chi connectivity index (χ0) is 10.0. The predicted molar refractivity (Wildman–Crippen MR) is 45.2 cm³/mol. The Hall–Kier alpha value is -1.36. The van der Waals surface area contributed by atoms with Crippen LogP contribution < -0.4 is 0 Å². The summed E-state index contributed by atoms with van der Waals surface area (Å²) in [5.41, 5.74) is 1.29. The van der Waals surface area contributed by atoms with Crippen molar-refractivity contribution in [1.29, 1.82) is 0 Å². The van der Waals surface area contributed by atoms with Crippen LogP contribution in [-0.2, 0) is 11.8 Å². The first-order chi connectivity index (χ1) is 6.00. The number of aromatic nitrogens is 2. The SMILES string of the molecule is Cc1cc([C@H](O)CC(=O)O)n(C)n1. The highest BCUT2D eigenvalue weighted by Gasteiger charge is 2.15. The maximum absolute atomic E-state index is 10.3. The minimum Gasteiger partial charge on any atom is -0.481 e. The van der Waals surface area contributed by atoms with Gasteiger partial charge in [-0.2, -0.15) is 5.10 Å². The summed E-state index contributed by atoms with van der Waals surface area (Å²) >= 11 is 0. The number of nitrogens with zero attached hydrogens (tertiary/aromatic N) is 2. The molecule has 0 aliphatic rings. The summed E-state index contributed by atoms with van der Waals surface area (Å²) in [5, 5.41) is 21.9. The lowest BCUT2D eigenvalue weighted by atomic mass is 10.2. The van der Waals surface area contributed by atoms with Crippen LogP contribution in [0, 0.1) is 6.92 Å². The Morgan fingerprint density at radius 2 is 2.38 bits per heavy atom. The highest BCUT2D eigenvalue weighted by Crippen LogP contribution is 2.16. The number of carboxylic acids is 1. The topological polar surface area (TPSA) is 75.3 Å². The molecule has 0 spiro atoms. The van der Waals surface area contributed by atoms with Gasteiger partial charge in [0.2, 0.25) is 0 Å². The van der Waals surface area contributed by atoms with E-state index in [0.717, 1.165) is 5.69 Å². The van der Waals surface area contributed by atoms with Gasteiger partial charge in [-0.15, -0.1) is 0 Å². The molecule has 0 amide bonds. The van der Waals surface area contributed by atoms with Crippen LogP contribution in [0.3, 0.4) is 0 Å². The minimum absolute atomic E-state index is 0.293. The standard InChI is InChI=1S/C8H12N2O3/c1-5-3-6(10(2)9-5)7(11)4-8(12)13/h3,7,11H,4H2,1-2H3,(H,12,13)/t7-/m1/s1. The van der Waals surface area contributed by atoms with Gasteiger partial charge in [-0.05, 0) is 13.0 Å². The van der Waals surface area contributed by atoms with E-state index in [1.165, 1.54) is 4.68 Å². The lowest BCUT2D eigenvalue weighted by Gasteiger charge is -2.07. The van der Waals surface area contributed by atoms with Gasteiger partial charge in [-0.1, -0.05) is 0 Å². The number of hydrogen-bond acceptors (Lipinski definition) is 3. The maximum Gasteiger partial charge on any atom is 0.306 e. The van der Waals surface area contributed by atoms with Crippen LogP contribution in [-0.4, -0.2) is 26.0 Å². The summed E-state index contributed by atoms with van der Waals surface area (Å²) < 4.78 is 1.49. The molecule has 0 fully saturated rings. The van der Waals surface area contributed by atoms with Gasteiger partial charge >= 0.3 is 5.97 Å². The van der Waals surface area contributed by atoms with Gasteiger partial charge < -0.3 is 10.2 Å². The van der Waals surface area contributed by atoms with Gasteiger partial charge in [0.1, 0.15) is 6.10 Å². The van der Waals surface area contributed by atoms with Crippen molar-refractivity contribution in [3.63, 3.8) is 0 Å². The fourth-order valence-electron chi connectivity index (χ4n) is 1.21. The first-order valence-corrected chi connectivity index (χ1v) is 3.91. The number of carboxylic acid groups (broad SMARTS) is 1. The fraction of sp³-hybridized carbons (Fsp3) is 0.500. The fourth-order valence-corrected chi connectivity index (χ4v) is 1.21. The van der Waals surface area contributed by atoms with E-state index in [-0.39, 0.29) is 6.42 Å². The number of aryl methyl sites for hydroxylation is 2. The first kappa shape index (κ1) is 9.73. The highest BCUT2D eigenvalue weighted by molar-refractivity contribution is 5.67. The van der Waals surface area contributed by atoms with E-state index in [0.29, 0.717) is 5.69 Å². The summed E-state index contributed by atoms with van der Waals surface area (Å²) in [5.74, 6) is -1.02. The summed E-state index contributed by atoms with van der Waals surface area (Å²) in [6.45, 7) is 1.79. The molecule has 13 heavy (non-hydrogen) atoms. The molecule has 1 rings (SSSR count). The smallest absolute Gasteiger partial charge is 0.306 e. The first-order valence-electron chi connectivity index (χ1n) is 3.91. The van der Waals surface area contributed by atoms with Gasteiger partial charge in [0.25, 0.3) is 0 Å². The van der Waals surface area contributed by atoms with Gasteiger partial charge in [-0.3, -0.25) is 9.48 Å². The number of rotatable bonds is 3. The zero-order valence-electron chi connectivity index (χ0n) is 7.56. The third-order valence-electron chi connectivity index (χ3n) is 1.75. The average molecular weight is 184 g/mol. The second-order valence-corrected chi connectivity index (χ2v) is 2.95. The monoisotopic (exact) mass is 184 g/mol. The van der Waals surface area contributed by atoms with Crippen LogP contribution in [0.2, 0.25) is 0 Å². The van der Waals surface area contributed by atoms with E-state index in [2.05, 4.69) is 5.10 Å². The van der Waals surface area contributed by atoms with Crippen molar-refractivity contribution < 1.29 is 15.0 Å². The summed E-state index contributed by atoms with van der Waals surface area (Å²) in [6.07, 6.45) is -1.28. The van der Waals surface area contributed by atoms with Crippen LogP contribution in [0.4, 0.5) is 0 Å². The Labute approximate surface area is 75.6 Å². The van der Waals surface area contributed by atoms with E-state index >= 15 is 0 Å².